The van der Waals surface area contributed by atoms with Gasteiger partial charge in [-0.2, -0.15) is 5.10 Å². The number of aromatic amines is 1. The highest BCUT2D eigenvalue weighted by Gasteiger charge is 2.18. The number of sulfonamides is 1. The van der Waals surface area contributed by atoms with Crippen molar-refractivity contribution in [3.63, 3.8) is 0 Å². The van der Waals surface area contributed by atoms with Crippen LogP contribution in [0.3, 0.4) is 0 Å². The van der Waals surface area contributed by atoms with Crippen LogP contribution in [0.2, 0.25) is 0 Å². The van der Waals surface area contributed by atoms with Gasteiger partial charge in [-0.1, -0.05) is 12.1 Å². The number of aliphatic hydroxyl groups excluding tert-OH is 1. The molecule has 0 aliphatic rings. The van der Waals surface area contributed by atoms with Crippen LogP contribution in [0.25, 0.3) is 0 Å². The highest BCUT2D eigenvalue weighted by molar-refractivity contribution is 7.92. The first-order valence-electron chi connectivity index (χ1n) is 5.71. The van der Waals surface area contributed by atoms with Crippen molar-refractivity contribution in [1.82, 2.24) is 10.2 Å². The van der Waals surface area contributed by atoms with Gasteiger partial charge in [-0.3, -0.25) is 9.52 Å². The molecule has 0 saturated carbocycles. The molecule has 0 aliphatic carbocycles. The third-order valence-corrected chi connectivity index (χ3v) is 4.14. The number of aryl methyl sites for hydroxylation is 1. The lowest BCUT2D eigenvalue weighted by molar-refractivity contribution is 0.281. The molecule has 1 aromatic carbocycles. The van der Waals surface area contributed by atoms with Gasteiger partial charge in [0.1, 0.15) is 0 Å². The SMILES string of the molecule is Cc1ccc(CO)cc1S(=O)(=O)Nc1ccc(=O)[nH]n1. The topological polar surface area (TPSA) is 112 Å². The van der Waals surface area contributed by atoms with E-state index >= 15 is 0 Å². The van der Waals surface area contributed by atoms with Crippen molar-refractivity contribution in [1.29, 1.82) is 0 Å². The standard InChI is InChI=1S/C12H13N3O4S/c1-8-2-3-9(7-16)6-10(8)20(18,19)15-11-4-5-12(17)14-13-11/h2-6,16H,7H2,1H3,(H,13,15)(H,14,17). The van der Waals surface area contributed by atoms with Crippen molar-refractivity contribution in [3.05, 3.63) is 51.8 Å². The van der Waals surface area contributed by atoms with E-state index in [1.165, 1.54) is 18.2 Å². The summed E-state index contributed by atoms with van der Waals surface area (Å²) in [6, 6.07) is 7.08. The van der Waals surface area contributed by atoms with E-state index in [-0.39, 0.29) is 17.3 Å². The van der Waals surface area contributed by atoms with Gasteiger partial charge in [0.15, 0.2) is 5.82 Å². The van der Waals surface area contributed by atoms with Crippen molar-refractivity contribution in [2.24, 2.45) is 0 Å². The predicted molar refractivity (Wildman–Crippen MR) is 72.8 cm³/mol. The van der Waals surface area contributed by atoms with Gasteiger partial charge in [-0.05, 0) is 30.2 Å². The fourth-order valence-electron chi connectivity index (χ4n) is 1.63. The number of anilines is 1. The number of nitrogens with zero attached hydrogens (tertiary/aromatic N) is 1. The maximum atomic E-state index is 12.3. The summed E-state index contributed by atoms with van der Waals surface area (Å²) in [5, 5.41) is 14.8. The van der Waals surface area contributed by atoms with Crippen molar-refractivity contribution in [3.8, 4) is 0 Å². The molecule has 2 aromatic rings. The Balaban J connectivity index is 2.40. The van der Waals surface area contributed by atoms with Crippen LogP contribution in [0.1, 0.15) is 11.1 Å². The molecule has 7 nitrogen and oxygen atoms in total. The molecule has 0 aliphatic heterocycles. The van der Waals surface area contributed by atoms with Crippen LogP contribution in [0, 0.1) is 6.92 Å². The molecule has 1 heterocycles. The average molecular weight is 295 g/mol. The minimum absolute atomic E-state index is 0.0124. The van der Waals surface area contributed by atoms with Crippen LogP contribution in [0.15, 0.2) is 40.0 Å². The van der Waals surface area contributed by atoms with Gasteiger partial charge in [0.25, 0.3) is 15.6 Å². The first-order valence-corrected chi connectivity index (χ1v) is 7.19. The van der Waals surface area contributed by atoms with Gasteiger partial charge < -0.3 is 5.11 Å². The average Bonchev–Trinajstić information content (AvgIpc) is 2.41. The zero-order valence-electron chi connectivity index (χ0n) is 10.6. The molecule has 2 rings (SSSR count). The van der Waals surface area contributed by atoms with Crippen LogP contribution in [-0.2, 0) is 16.6 Å². The van der Waals surface area contributed by atoms with Gasteiger partial charge >= 0.3 is 0 Å². The first-order chi connectivity index (χ1) is 9.42. The number of hydrogen-bond donors (Lipinski definition) is 3. The minimum Gasteiger partial charge on any atom is -0.392 e. The van der Waals surface area contributed by atoms with Gasteiger partial charge in [-0.15, -0.1) is 0 Å². The second kappa shape index (κ2) is 5.43. The third-order valence-electron chi connectivity index (χ3n) is 2.64. The minimum atomic E-state index is -3.84. The third kappa shape index (κ3) is 3.03. The predicted octanol–water partition coefficient (Wildman–Crippen LogP) is 0.371. The van der Waals surface area contributed by atoms with Gasteiger partial charge in [0, 0.05) is 6.07 Å². The molecule has 0 radical (unpaired) electrons. The molecule has 1 aromatic heterocycles. The van der Waals surface area contributed by atoms with Crippen LogP contribution in [0.5, 0.6) is 0 Å². The summed E-state index contributed by atoms with van der Waals surface area (Å²) in [5.74, 6) is 0.0124. The Labute approximate surface area is 115 Å². The van der Waals surface area contributed by atoms with Crippen molar-refractivity contribution in [2.75, 3.05) is 4.72 Å². The summed E-state index contributed by atoms with van der Waals surface area (Å²) < 4.78 is 26.8. The van der Waals surface area contributed by atoms with E-state index in [2.05, 4.69) is 14.9 Å². The molecular formula is C12H13N3O4S. The van der Waals surface area contributed by atoms with Crippen LogP contribution in [0.4, 0.5) is 5.82 Å². The Bertz CT molecular complexity index is 763. The van der Waals surface area contributed by atoms with E-state index in [1.807, 2.05) is 0 Å². The van der Waals surface area contributed by atoms with Crippen molar-refractivity contribution in [2.45, 2.75) is 18.4 Å². The lowest BCUT2D eigenvalue weighted by Crippen LogP contribution is -2.17. The van der Waals surface area contributed by atoms with Crippen LogP contribution >= 0.6 is 0 Å². The van der Waals surface area contributed by atoms with E-state index in [9.17, 15) is 13.2 Å². The quantitative estimate of drug-likeness (QED) is 0.754. The lowest BCUT2D eigenvalue weighted by atomic mass is 10.2. The molecule has 0 atom stereocenters. The largest absolute Gasteiger partial charge is 0.392 e. The molecule has 0 fully saturated rings. The molecular weight excluding hydrogens is 282 g/mol. The van der Waals surface area contributed by atoms with Crippen LogP contribution < -0.4 is 10.3 Å². The summed E-state index contributed by atoms with van der Waals surface area (Å²) in [7, 11) is -3.84. The fraction of sp³-hybridized carbons (Fsp3) is 0.167. The number of aromatic nitrogens is 2. The van der Waals surface area contributed by atoms with Gasteiger partial charge in [-0.25, -0.2) is 13.5 Å². The maximum absolute atomic E-state index is 12.3. The Morgan fingerprint density at radius 2 is 2.05 bits per heavy atom. The fourth-order valence-corrected chi connectivity index (χ4v) is 2.92. The molecule has 0 saturated heterocycles. The Hall–Kier alpha value is -2.19. The first kappa shape index (κ1) is 14.2. The summed E-state index contributed by atoms with van der Waals surface area (Å²) >= 11 is 0. The molecule has 0 amide bonds. The van der Waals surface area contributed by atoms with E-state index in [4.69, 9.17) is 5.11 Å². The van der Waals surface area contributed by atoms with Gasteiger partial charge in [0.2, 0.25) is 0 Å². The second-order valence-corrected chi connectivity index (χ2v) is 5.82. The number of rotatable bonds is 4. The number of H-pyrrole nitrogens is 1. The van der Waals surface area contributed by atoms with Crippen LogP contribution in [-0.4, -0.2) is 23.7 Å². The summed E-state index contributed by atoms with van der Waals surface area (Å²) in [6.07, 6.45) is 0. The molecule has 20 heavy (non-hydrogen) atoms. The zero-order valence-corrected chi connectivity index (χ0v) is 11.4. The molecule has 8 heteroatoms. The maximum Gasteiger partial charge on any atom is 0.264 e. The smallest absolute Gasteiger partial charge is 0.264 e. The Kier molecular flexibility index (Phi) is 3.86. The summed E-state index contributed by atoms with van der Waals surface area (Å²) in [4.78, 5) is 10.9. The number of hydrogen-bond acceptors (Lipinski definition) is 5. The van der Waals surface area contributed by atoms with Crippen molar-refractivity contribution >= 4 is 15.8 Å². The molecule has 0 spiro atoms. The number of benzene rings is 1. The Morgan fingerprint density at radius 1 is 1.30 bits per heavy atom. The molecule has 0 bridgehead atoms. The highest BCUT2D eigenvalue weighted by Crippen LogP contribution is 2.19. The Morgan fingerprint density at radius 3 is 2.65 bits per heavy atom. The number of nitrogens with one attached hydrogen (secondary N) is 2. The van der Waals surface area contributed by atoms with E-state index < -0.39 is 15.6 Å². The number of aliphatic hydroxyl groups is 1. The normalized spacial score (nSPS) is 11.3. The lowest BCUT2D eigenvalue weighted by Gasteiger charge is -2.10. The monoisotopic (exact) mass is 295 g/mol. The van der Waals surface area contributed by atoms with E-state index in [0.29, 0.717) is 11.1 Å². The summed E-state index contributed by atoms with van der Waals surface area (Å²) in [5.41, 5.74) is 0.607. The molecule has 3 N–H and O–H groups in total. The molecule has 106 valence electrons. The highest BCUT2D eigenvalue weighted by atomic mass is 32.2. The van der Waals surface area contributed by atoms with Gasteiger partial charge in [0.05, 0.1) is 11.5 Å². The van der Waals surface area contributed by atoms with Crippen molar-refractivity contribution < 1.29 is 13.5 Å². The van der Waals surface area contributed by atoms with E-state index in [0.717, 1.165) is 0 Å². The summed E-state index contributed by atoms with van der Waals surface area (Å²) in [6.45, 7) is 1.40. The molecule has 0 unspecified atom stereocenters. The van der Waals surface area contributed by atoms with E-state index in [1.54, 1.807) is 19.1 Å². The second-order valence-electron chi connectivity index (χ2n) is 4.17. The zero-order chi connectivity index (χ0) is 14.8.